The van der Waals surface area contributed by atoms with Gasteiger partial charge in [0.1, 0.15) is 0 Å². The molecule has 0 saturated heterocycles. The highest BCUT2D eigenvalue weighted by Crippen LogP contribution is 2.32. The molecule has 0 radical (unpaired) electrons. The molecule has 8 heteroatoms. The van der Waals surface area contributed by atoms with Crippen LogP contribution in [0.5, 0.6) is 0 Å². The fraction of sp³-hybridized carbons (Fsp3) is 0.345. The van der Waals surface area contributed by atoms with Crippen molar-refractivity contribution in [2.45, 2.75) is 49.6 Å². The van der Waals surface area contributed by atoms with Crippen LogP contribution in [0.1, 0.15) is 41.8 Å². The third kappa shape index (κ3) is 7.05. The zero-order valence-electron chi connectivity index (χ0n) is 21.1. The van der Waals surface area contributed by atoms with Crippen LogP contribution < -0.4 is 10.0 Å². The number of aromatic carboxylic acids is 1. The number of aliphatic hydroxyl groups is 1. The standard InChI is InChI=1S/C29H34N2O5S/c1-29(2,17-20-13-21-7-3-4-8-22(21)14-20)30-18-26(32)19-31-37(35,36)27-12-6-10-24(16-27)23-9-5-11-25(15-23)28(33)34/h3-12,15-16,20,26,30-32H,13-14,17-19H2,1-2H3,(H,33,34). The second-order valence-corrected chi connectivity index (χ2v) is 12.2. The molecule has 1 atom stereocenters. The van der Waals surface area contributed by atoms with Crippen LogP contribution in [0.2, 0.25) is 0 Å². The average molecular weight is 523 g/mol. The minimum atomic E-state index is -3.87. The number of hydrogen-bond acceptors (Lipinski definition) is 5. The summed E-state index contributed by atoms with van der Waals surface area (Å²) in [6, 6.07) is 21.2. The van der Waals surface area contributed by atoms with Crippen molar-refractivity contribution in [1.29, 1.82) is 0 Å². The Labute approximate surface area is 218 Å². The fourth-order valence-electron chi connectivity index (χ4n) is 5.02. The molecule has 0 amide bonds. The normalized spacial score (nSPS) is 14.9. The Hall–Kier alpha value is -3.04. The molecule has 4 rings (SSSR count). The molecule has 37 heavy (non-hydrogen) atoms. The molecule has 0 heterocycles. The summed E-state index contributed by atoms with van der Waals surface area (Å²) >= 11 is 0. The van der Waals surface area contributed by atoms with E-state index in [4.69, 9.17) is 0 Å². The zero-order chi connectivity index (χ0) is 26.6. The van der Waals surface area contributed by atoms with E-state index in [2.05, 4.69) is 48.2 Å². The predicted molar refractivity (Wildman–Crippen MR) is 144 cm³/mol. The van der Waals surface area contributed by atoms with Crippen LogP contribution >= 0.6 is 0 Å². The molecule has 0 aromatic heterocycles. The molecular weight excluding hydrogens is 488 g/mol. The van der Waals surface area contributed by atoms with E-state index in [1.165, 1.54) is 35.4 Å². The number of nitrogens with one attached hydrogen (secondary N) is 2. The Morgan fingerprint density at radius 2 is 1.57 bits per heavy atom. The van der Waals surface area contributed by atoms with Gasteiger partial charge in [-0.15, -0.1) is 0 Å². The summed E-state index contributed by atoms with van der Waals surface area (Å²) in [7, 11) is -3.87. The van der Waals surface area contributed by atoms with Gasteiger partial charge in [0.05, 0.1) is 16.6 Å². The van der Waals surface area contributed by atoms with Crippen molar-refractivity contribution in [3.8, 4) is 11.1 Å². The Balaban J connectivity index is 1.30. The Bertz CT molecular complexity index is 1340. The molecule has 1 aliphatic rings. The highest BCUT2D eigenvalue weighted by atomic mass is 32.2. The van der Waals surface area contributed by atoms with Gasteiger partial charge < -0.3 is 15.5 Å². The Morgan fingerprint density at radius 3 is 2.22 bits per heavy atom. The lowest BCUT2D eigenvalue weighted by molar-refractivity contribution is 0.0697. The molecule has 1 unspecified atom stereocenters. The van der Waals surface area contributed by atoms with Crippen LogP contribution in [0.25, 0.3) is 11.1 Å². The first-order valence-corrected chi connectivity index (χ1v) is 13.9. The van der Waals surface area contributed by atoms with Crippen LogP contribution in [0, 0.1) is 5.92 Å². The largest absolute Gasteiger partial charge is 0.478 e. The van der Waals surface area contributed by atoms with Crippen LogP contribution in [0.15, 0.2) is 77.7 Å². The van der Waals surface area contributed by atoms with E-state index in [9.17, 15) is 23.4 Å². The van der Waals surface area contributed by atoms with Crippen LogP contribution in [0.4, 0.5) is 0 Å². The van der Waals surface area contributed by atoms with Gasteiger partial charge in [-0.2, -0.15) is 0 Å². The minimum absolute atomic E-state index is 0.0482. The molecular formula is C29H34N2O5S. The summed E-state index contributed by atoms with van der Waals surface area (Å²) in [5.41, 5.74) is 3.94. The van der Waals surface area contributed by atoms with Crippen molar-refractivity contribution in [3.05, 3.63) is 89.5 Å². The first-order chi connectivity index (χ1) is 17.5. The molecule has 0 spiro atoms. The van der Waals surface area contributed by atoms with Crippen molar-refractivity contribution >= 4 is 16.0 Å². The summed E-state index contributed by atoms with van der Waals surface area (Å²) in [4.78, 5) is 11.3. The van der Waals surface area contributed by atoms with E-state index in [-0.39, 0.29) is 29.1 Å². The molecule has 3 aromatic rings. The van der Waals surface area contributed by atoms with Gasteiger partial charge in [-0.25, -0.2) is 17.9 Å². The monoisotopic (exact) mass is 522 g/mol. The van der Waals surface area contributed by atoms with Crippen molar-refractivity contribution < 1.29 is 23.4 Å². The van der Waals surface area contributed by atoms with Crippen LogP contribution in [-0.2, 0) is 22.9 Å². The highest BCUT2D eigenvalue weighted by molar-refractivity contribution is 7.89. The molecule has 1 aliphatic carbocycles. The van der Waals surface area contributed by atoms with Gasteiger partial charge >= 0.3 is 5.97 Å². The Kier molecular flexibility index (Phi) is 8.14. The maximum atomic E-state index is 12.9. The summed E-state index contributed by atoms with van der Waals surface area (Å²) < 4.78 is 28.3. The summed E-state index contributed by atoms with van der Waals surface area (Å²) in [6.45, 7) is 4.35. The highest BCUT2D eigenvalue weighted by Gasteiger charge is 2.28. The van der Waals surface area contributed by atoms with E-state index in [0.717, 1.165) is 19.3 Å². The number of rotatable bonds is 11. The van der Waals surface area contributed by atoms with E-state index >= 15 is 0 Å². The van der Waals surface area contributed by atoms with Gasteiger partial charge in [0.15, 0.2) is 0 Å². The number of sulfonamides is 1. The number of β-amino-alcohol motifs (C(OH)–C–C–N with tert-alkyl or cyclic N) is 1. The smallest absolute Gasteiger partial charge is 0.335 e. The lowest BCUT2D eigenvalue weighted by Gasteiger charge is -2.30. The van der Waals surface area contributed by atoms with Crippen molar-refractivity contribution in [2.75, 3.05) is 13.1 Å². The molecule has 0 bridgehead atoms. The second kappa shape index (κ2) is 11.1. The summed E-state index contributed by atoms with van der Waals surface area (Å²) in [6.07, 6.45) is 2.17. The number of hydrogen-bond donors (Lipinski definition) is 4. The van der Waals surface area contributed by atoms with E-state index in [1.807, 2.05) is 0 Å². The molecule has 7 nitrogen and oxygen atoms in total. The van der Waals surface area contributed by atoms with Gasteiger partial charge in [-0.3, -0.25) is 0 Å². The maximum Gasteiger partial charge on any atom is 0.335 e. The minimum Gasteiger partial charge on any atom is -0.478 e. The quantitative estimate of drug-likeness (QED) is 0.304. The van der Waals surface area contributed by atoms with Crippen molar-refractivity contribution in [2.24, 2.45) is 5.92 Å². The third-order valence-electron chi connectivity index (χ3n) is 6.85. The average Bonchev–Trinajstić information content (AvgIpc) is 3.28. The van der Waals surface area contributed by atoms with Crippen molar-refractivity contribution in [3.63, 3.8) is 0 Å². The molecule has 196 valence electrons. The predicted octanol–water partition coefficient (Wildman–Crippen LogP) is 3.86. The van der Waals surface area contributed by atoms with E-state index in [0.29, 0.717) is 17.0 Å². The third-order valence-corrected chi connectivity index (χ3v) is 8.27. The molecule has 4 N–H and O–H groups in total. The van der Waals surface area contributed by atoms with Gasteiger partial charge in [0.2, 0.25) is 10.0 Å². The zero-order valence-corrected chi connectivity index (χ0v) is 22.0. The van der Waals surface area contributed by atoms with Gasteiger partial charge in [-0.1, -0.05) is 48.5 Å². The first kappa shape index (κ1) is 27.0. The lowest BCUT2D eigenvalue weighted by atomic mass is 9.88. The van der Waals surface area contributed by atoms with E-state index in [1.54, 1.807) is 24.3 Å². The second-order valence-electron chi connectivity index (χ2n) is 10.4. The molecule has 0 saturated carbocycles. The maximum absolute atomic E-state index is 12.9. The lowest BCUT2D eigenvalue weighted by Crippen LogP contribution is -2.47. The van der Waals surface area contributed by atoms with Crippen molar-refractivity contribution in [1.82, 2.24) is 10.0 Å². The molecule has 3 aromatic carbocycles. The summed E-state index contributed by atoms with van der Waals surface area (Å²) in [5, 5.41) is 23.1. The number of carboxylic acids is 1. The van der Waals surface area contributed by atoms with E-state index < -0.39 is 22.1 Å². The SMILES string of the molecule is CC(C)(CC1Cc2ccccc2C1)NCC(O)CNS(=O)(=O)c1cccc(-c2cccc(C(=O)O)c2)c1. The molecule has 0 aliphatic heterocycles. The van der Waals surface area contributed by atoms with Crippen LogP contribution in [-0.4, -0.2) is 49.3 Å². The molecule has 0 fully saturated rings. The number of benzene rings is 3. The van der Waals surface area contributed by atoms with Gasteiger partial charge in [0, 0.05) is 18.6 Å². The van der Waals surface area contributed by atoms with Crippen LogP contribution in [0.3, 0.4) is 0 Å². The number of carbonyl (C=O) groups is 1. The van der Waals surface area contributed by atoms with Gasteiger partial charge in [0.25, 0.3) is 0 Å². The fourth-order valence-corrected chi connectivity index (χ4v) is 6.14. The van der Waals surface area contributed by atoms with Gasteiger partial charge in [-0.05, 0) is 85.5 Å². The number of carboxylic acid groups (broad SMARTS) is 1. The Morgan fingerprint density at radius 1 is 0.946 bits per heavy atom. The number of fused-ring (bicyclic) bond motifs is 1. The first-order valence-electron chi connectivity index (χ1n) is 12.5. The summed E-state index contributed by atoms with van der Waals surface area (Å²) in [5.74, 6) is -0.509. The number of aliphatic hydroxyl groups excluding tert-OH is 1. The topological polar surface area (TPSA) is 116 Å².